The number of carbonyl (C=O) groups is 1. The molecule has 0 aromatic carbocycles. The van der Waals surface area contributed by atoms with Crippen LogP contribution in [0.5, 0.6) is 0 Å². The molecule has 0 spiro atoms. The molecule has 0 saturated heterocycles. The number of nitrogen functional groups attached to an aromatic ring is 1. The number of hydrogen-bond donors (Lipinski definition) is 1. The molecule has 20 heavy (non-hydrogen) atoms. The molecule has 1 aliphatic rings. The lowest BCUT2D eigenvalue weighted by atomic mass is 10.2. The number of hydrogen-bond acceptors (Lipinski definition) is 5. The first-order valence-electron chi connectivity index (χ1n) is 5.83. The van der Waals surface area contributed by atoms with E-state index in [9.17, 15) is 4.79 Å². The molecule has 0 fully saturated rings. The molecule has 2 aromatic rings. The molecule has 0 saturated carbocycles. The molecule has 0 unspecified atom stereocenters. The molecule has 7 heteroatoms. The summed E-state index contributed by atoms with van der Waals surface area (Å²) in [5, 5.41) is 4.25. The summed E-state index contributed by atoms with van der Waals surface area (Å²) < 4.78 is 6.54. The van der Waals surface area contributed by atoms with Gasteiger partial charge >= 0.3 is 0 Å². The number of rotatable bonds is 1. The quantitative estimate of drug-likeness (QED) is 0.793. The van der Waals surface area contributed by atoms with Crippen LogP contribution in [0.2, 0.25) is 0 Å². The van der Waals surface area contributed by atoms with Crippen LogP contribution in [0.15, 0.2) is 51.0 Å². The highest BCUT2D eigenvalue weighted by Gasteiger charge is 2.21. The fourth-order valence-corrected chi connectivity index (χ4v) is 1.75. The summed E-state index contributed by atoms with van der Waals surface area (Å²) in [5.41, 5.74) is 7.18. The van der Waals surface area contributed by atoms with E-state index in [0.717, 1.165) is 0 Å². The average molecular weight is 269 g/mol. The van der Waals surface area contributed by atoms with E-state index in [1.807, 2.05) is 0 Å². The van der Waals surface area contributed by atoms with Gasteiger partial charge in [-0.05, 0) is 19.1 Å². The molecule has 0 bridgehead atoms. The molecule has 3 heterocycles. The number of nitrogens with zero attached hydrogens (tertiary/aromatic N) is 4. The van der Waals surface area contributed by atoms with Gasteiger partial charge < -0.3 is 10.2 Å². The number of aliphatic imine (C=N–C) groups is 2. The van der Waals surface area contributed by atoms with Gasteiger partial charge in [-0.15, -0.1) is 0 Å². The van der Waals surface area contributed by atoms with E-state index in [2.05, 4.69) is 21.7 Å². The number of carbonyl (C=O) groups excluding carboxylic acids is 1. The Morgan fingerprint density at radius 1 is 1.40 bits per heavy atom. The predicted molar refractivity (Wildman–Crippen MR) is 74.4 cm³/mol. The van der Waals surface area contributed by atoms with Crippen molar-refractivity contribution in [2.24, 2.45) is 9.98 Å². The van der Waals surface area contributed by atoms with E-state index in [0.29, 0.717) is 23.0 Å². The van der Waals surface area contributed by atoms with E-state index < -0.39 is 5.91 Å². The molecule has 0 aliphatic carbocycles. The summed E-state index contributed by atoms with van der Waals surface area (Å²) in [4.78, 5) is 19.7. The molecule has 1 amide bonds. The summed E-state index contributed by atoms with van der Waals surface area (Å²) in [6, 6.07) is 5.13. The monoisotopic (exact) mass is 269 g/mol. The van der Waals surface area contributed by atoms with Crippen LogP contribution in [0.3, 0.4) is 0 Å². The second-order valence-corrected chi connectivity index (χ2v) is 4.24. The topological polar surface area (TPSA) is 98.8 Å². The van der Waals surface area contributed by atoms with Crippen molar-refractivity contribution in [3.63, 3.8) is 0 Å². The third-order valence-electron chi connectivity index (χ3n) is 2.86. The predicted octanol–water partition coefficient (Wildman–Crippen LogP) is 1.49. The van der Waals surface area contributed by atoms with Gasteiger partial charge in [0.25, 0.3) is 11.9 Å². The molecular formula is C13H11N5O2. The molecule has 2 aromatic heterocycles. The molecule has 7 nitrogen and oxygen atoms in total. The fraction of sp³-hybridized carbons (Fsp3) is 0.0769. The van der Waals surface area contributed by atoms with Crippen molar-refractivity contribution in [3.05, 3.63) is 36.6 Å². The summed E-state index contributed by atoms with van der Waals surface area (Å²) >= 11 is 0. The summed E-state index contributed by atoms with van der Waals surface area (Å²) in [5.74, 6) is 0.562. The maximum absolute atomic E-state index is 11.7. The first kappa shape index (κ1) is 12.1. The lowest BCUT2D eigenvalue weighted by Crippen LogP contribution is -2.23. The Kier molecular flexibility index (Phi) is 2.60. The van der Waals surface area contributed by atoms with Crippen LogP contribution in [0.1, 0.15) is 6.92 Å². The van der Waals surface area contributed by atoms with E-state index in [-0.39, 0.29) is 11.5 Å². The summed E-state index contributed by atoms with van der Waals surface area (Å²) in [7, 11) is 0. The van der Waals surface area contributed by atoms with Crippen molar-refractivity contribution in [2.75, 3.05) is 5.73 Å². The normalized spacial score (nSPS) is 15.2. The first-order valence-corrected chi connectivity index (χ1v) is 5.83. The molecule has 3 rings (SSSR count). The van der Waals surface area contributed by atoms with Crippen LogP contribution in [0, 0.1) is 0 Å². The lowest BCUT2D eigenvalue weighted by Gasteiger charge is -2.10. The van der Waals surface area contributed by atoms with Crippen LogP contribution >= 0.6 is 0 Å². The molecule has 100 valence electrons. The third-order valence-corrected chi connectivity index (χ3v) is 2.86. The Balaban J connectivity index is 2.06. The Morgan fingerprint density at radius 3 is 2.85 bits per heavy atom. The van der Waals surface area contributed by atoms with Gasteiger partial charge in [0.15, 0.2) is 5.76 Å². The average Bonchev–Trinajstić information content (AvgIpc) is 3.04. The van der Waals surface area contributed by atoms with Gasteiger partial charge in [-0.2, -0.15) is 14.8 Å². The Morgan fingerprint density at radius 2 is 2.20 bits per heavy atom. The minimum absolute atomic E-state index is 0.121. The van der Waals surface area contributed by atoms with E-state index in [1.165, 1.54) is 4.68 Å². The molecule has 0 atom stereocenters. The third kappa shape index (κ3) is 1.85. The van der Waals surface area contributed by atoms with E-state index in [1.54, 1.807) is 31.4 Å². The Hall–Kier alpha value is -2.96. The zero-order chi connectivity index (χ0) is 14.3. The molecule has 2 N–H and O–H groups in total. The van der Waals surface area contributed by atoms with E-state index in [4.69, 9.17) is 10.2 Å². The maximum atomic E-state index is 11.7. The van der Waals surface area contributed by atoms with Crippen LogP contribution in [-0.2, 0) is 4.79 Å². The van der Waals surface area contributed by atoms with Crippen LogP contribution in [-0.4, -0.2) is 27.4 Å². The summed E-state index contributed by atoms with van der Waals surface area (Å²) in [6.45, 7) is 5.29. The standard InChI is InChI=1S/C13H11N5O2/c1-7-8(2)15-13(16-12(7)19)18-11(14)6-9(17-18)10-4-3-5-20-10/h3-6H,1,14H2,2H3. The number of anilines is 1. The first-order chi connectivity index (χ1) is 9.56. The van der Waals surface area contributed by atoms with Crippen LogP contribution < -0.4 is 5.73 Å². The maximum Gasteiger partial charge on any atom is 0.281 e. The molecule has 1 aliphatic heterocycles. The highest BCUT2D eigenvalue weighted by molar-refractivity contribution is 6.27. The molecular weight excluding hydrogens is 258 g/mol. The van der Waals surface area contributed by atoms with Gasteiger partial charge in [-0.25, -0.2) is 4.99 Å². The zero-order valence-corrected chi connectivity index (χ0v) is 10.7. The Bertz CT molecular complexity index is 765. The minimum Gasteiger partial charge on any atom is -0.463 e. The van der Waals surface area contributed by atoms with Crippen LogP contribution in [0.25, 0.3) is 11.5 Å². The Labute approximate surface area is 114 Å². The number of amides is 1. The van der Waals surface area contributed by atoms with Gasteiger partial charge in [0.05, 0.1) is 17.5 Å². The van der Waals surface area contributed by atoms with Crippen molar-refractivity contribution in [1.29, 1.82) is 0 Å². The van der Waals surface area contributed by atoms with Crippen molar-refractivity contribution in [2.45, 2.75) is 6.92 Å². The van der Waals surface area contributed by atoms with Crippen molar-refractivity contribution in [1.82, 2.24) is 9.78 Å². The fourth-order valence-electron chi connectivity index (χ4n) is 1.75. The molecule has 0 radical (unpaired) electrons. The van der Waals surface area contributed by atoms with Gasteiger partial charge in [0.2, 0.25) is 0 Å². The van der Waals surface area contributed by atoms with Crippen molar-refractivity contribution >= 4 is 23.4 Å². The van der Waals surface area contributed by atoms with Crippen molar-refractivity contribution in [3.8, 4) is 11.5 Å². The minimum atomic E-state index is -0.443. The smallest absolute Gasteiger partial charge is 0.281 e. The lowest BCUT2D eigenvalue weighted by molar-refractivity contribution is -0.113. The second kappa shape index (κ2) is 4.30. The van der Waals surface area contributed by atoms with Gasteiger partial charge in [0, 0.05) is 6.07 Å². The van der Waals surface area contributed by atoms with Crippen LogP contribution in [0.4, 0.5) is 5.82 Å². The zero-order valence-electron chi connectivity index (χ0n) is 10.7. The van der Waals surface area contributed by atoms with Crippen molar-refractivity contribution < 1.29 is 9.21 Å². The highest BCUT2D eigenvalue weighted by atomic mass is 16.3. The SMILES string of the molecule is C=C1C(=O)N=C(n2nc(-c3ccco3)cc2N)N=C1C. The van der Waals surface area contributed by atoms with Gasteiger partial charge in [0.1, 0.15) is 11.5 Å². The number of furan rings is 1. The number of aromatic nitrogens is 2. The number of nitrogens with two attached hydrogens (primary N) is 1. The van der Waals surface area contributed by atoms with Gasteiger partial charge in [-0.3, -0.25) is 4.79 Å². The highest BCUT2D eigenvalue weighted by Crippen LogP contribution is 2.21. The van der Waals surface area contributed by atoms with Gasteiger partial charge in [-0.1, -0.05) is 6.58 Å². The van der Waals surface area contributed by atoms with E-state index >= 15 is 0 Å². The largest absolute Gasteiger partial charge is 0.463 e. The summed E-state index contributed by atoms with van der Waals surface area (Å²) in [6.07, 6.45) is 1.54. The second-order valence-electron chi connectivity index (χ2n) is 4.24.